The Kier molecular flexibility index (Phi) is 4.57. The number of likely N-dealkylation sites (tertiary alicyclic amines) is 1. The molecule has 0 radical (unpaired) electrons. The summed E-state index contributed by atoms with van der Waals surface area (Å²) in [7, 11) is 0. The molecule has 1 aliphatic heterocycles. The van der Waals surface area contributed by atoms with Crippen LogP contribution in [0, 0.1) is 0 Å². The van der Waals surface area contributed by atoms with E-state index in [1.807, 2.05) is 10.9 Å². The minimum Gasteiger partial charge on any atom is -0.310 e. The molecule has 1 saturated heterocycles. The van der Waals surface area contributed by atoms with Gasteiger partial charge in [-0.3, -0.25) is 9.58 Å². The molecule has 2 rings (SSSR count). The Bertz CT molecular complexity index is 328. The third kappa shape index (κ3) is 3.30. The van der Waals surface area contributed by atoms with Crippen LogP contribution in [-0.4, -0.2) is 40.4 Å². The molecule has 17 heavy (non-hydrogen) atoms. The van der Waals surface area contributed by atoms with Crippen molar-refractivity contribution in [3.8, 4) is 0 Å². The first-order valence-corrected chi connectivity index (χ1v) is 6.76. The fourth-order valence-electron chi connectivity index (χ4n) is 2.52. The molecular formula is C13H24N4. The molecule has 0 aliphatic carbocycles. The maximum atomic E-state index is 4.28. The van der Waals surface area contributed by atoms with E-state index in [1.165, 1.54) is 31.6 Å². The van der Waals surface area contributed by atoms with Crippen LogP contribution in [0.5, 0.6) is 0 Å². The topological polar surface area (TPSA) is 33.1 Å². The highest BCUT2D eigenvalue weighted by Crippen LogP contribution is 2.10. The average Bonchev–Trinajstić information content (AvgIpc) is 2.99. The van der Waals surface area contributed by atoms with Crippen molar-refractivity contribution in [2.75, 3.05) is 19.6 Å². The Balaban J connectivity index is 1.71. The molecule has 1 N–H and O–H groups in total. The molecule has 0 spiro atoms. The van der Waals surface area contributed by atoms with Gasteiger partial charge < -0.3 is 5.32 Å². The molecule has 4 nitrogen and oxygen atoms in total. The van der Waals surface area contributed by atoms with Gasteiger partial charge in [-0.25, -0.2) is 0 Å². The van der Waals surface area contributed by atoms with Crippen LogP contribution in [0.25, 0.3) is 0 Å². The van der Waals surface area contributed by atoms with Crippen molar-refractivity contribution >= 4 is 0 Å². The van der Waals surface area contributed by atoms with Gasteiger partial charge in [0.1, 0.15) is 0 Å². The summed E-state index contributed by atoms with van der Waals surface area (Å²) in [5, 5.41) is 7.81. The summed E-state index contributed by atoms with van der Waals surface area (Å²) in [5.74, 6) is 0. The number of hydrogen-bond acceptors (Lipinski definition) is 3. The number of aromatic nitrogens is 2. The third-order valence-corrected chi connectivity index (χ3v) is 3.61. The molecule has 0 aromatic carbocycles. The predicted octanol–water partition coefficient (Wildman–Crippen LogP) is 1.48. The van der Waals surface area contributed by atoms with E-state index < -0.39 is 0 Å². The van der Waals surface area contributed by atoms with E-state index in [2.05, 4.69) is 35.2 Å². The standard InChI is InChI=1S/C13H24N4/c1-3-17-13(6-7-15-17)11-14-10-12(2)16-8-4-5-9-16/h6-7,12,14H,3-5,8-11H2,1-2H3. The van der Waals surface area contributed by atoms with Gasteiger partial charge in [-0.1, -0.05) is 0 Å². The van der Waals surface area contributed by atoms with Gasteiger partial charge in [0.05, 0.1) is 5.69 Å². The monoisotopic (exact) mass is 236 g/mol. The lowest BCUT2D eigenvalue weighted by atomic mass is 10.3. The van der Waals surface area contributed by atoms with Crippen LogP contribution in [0.1, 0.15) is 32.4 Å². The zero-order chi connectivity index (χ0) is 12.1. The summed E-state index contributed by atoms with van der Waals surface area (Å²) in [6.07, 6.45) is 4.62. The molecular weight excluding hydrogens is 212 g/mol. The van der Waals surface area contributed by atoms with E-state index in [0.29, 0.717) is 6.04 Å². The van der Waals surface area contributed by atoms with Gasteiger partial charge >= 0.3 is 0 Å². The van der Waals surface area contributed by atoms with Crippen molar-refractivity contribution in [2.24, 2.45) is 0 Å². The van der Waals surface area contributed by atoms with E-state index in [4.69, 9.17) is 0 Å². The van der Waals surface area contributed by atoms with Crippen LogP contribution in [-0.2, 0) is 13.1 Å². The summed E-state index contributed by atoms with van der Waals surface area (Å²) >= 11 is 0. The molecule has 1 aromatic rings. The second-order valence-corrected chi connectivity index (χ2v) is 4.86. The van der Waals surface area contributed by atoms with Crippen molar-refractivity contribution in [1.29, 1.82) is 0 Å². The Morgan fingerprint density at radius 1 is 1.41 bits per heavy atom. The third-order valence-electron chi connectivity index (χ3n) is 3.61. The zero-order valence-corrected chi connectivity index (χ0v) is 11.0. The molecule has 0 saturated carbocycles. The minimum absolute atomic E-state index is 0.649. The van der Waals surface area contributed by atoms with Gasteiger partial charge in [-0.15, -0.1) is 0 Å². The van der Waals surface area contributed by atoms with E-state index in [1.54, 1.807) is 0 Å². The second kappa shape index (κ2) is 6.17. The molecule has 1 aromatic heterocycles. The number of nitrogens with one attached hydrogen (secondary N) is 1. The van der Waals surface area contributed by atoms with Crippen LogP contribution in [0.3, 0.4) is 0 Å². The van der Waals surface area contributed by atoms with Crippen molar-refractivity contribution in [1.82, 2.24) is 20.0 Å². The number of aryl methyl sites for hydroxylation is 1. The fourth-order valence-corrected chi connectivity index (χ4v) is 2.52. The van der Waals surface area contributed by atoms with Gasteiger partial charge in [0.25, 0.3) is 0 Å². The fraction of sp³-hybridized carbons (Fsp3) is 0.769. The van der Waals surface area contributed by atoms with Crippen molar-refractivity contribution in [3.63, 3.8) is 0 Å². The number of hydrogen-bond donors (Lipinski definition) is 1. The number of rotatable bonds is 6. The first kappa shape index (κ1) is 12.6. The SMILES string of the molecule is CCn1nccc1CNCC(C)N1CCCC1. The van der Waals surface area contributed by atoms with Crippen molar-refractivity contribution < 1.29 is 0 Å². The first-order chi connectivity index (χ1) is 8.31. The lowest BCUT2D eigenvalue weighted by Crippen LogP contribution is -2.38. The summed E-state index contributed by atoms with van der Waals surface area (Å²) in [5.41, 5.74) is 1.28. The Morgan fingerprint density at radius 3 is 2.88 bits per heavy atom. The Hall–Kier alpha value is -0.870. The second-order valence-electron chi connectivity index (χ2n) is 4.86. The minimum atomic E-state index is 0.649. The van der Waals surface area contributed by atoms with E-state index >= 15 is 0 Å². The van der Waals surface area contributed by atoms with Gasteiger partial charge in [-0.05, 0) is 45.8 Å². The highest BCUT2D eigenvalue weighted by atomic mass is 15.3. The van der Waals surface area contributed by atoms with Gasteiger partial charge in [-0.2, -0.15) is 5.10 Å². The van der Waals surface area contributed by atoms with Crippen molar-refractivity contribution in [2.45, 2.75) is 45.8 Å². The average molecular weight is 236 g/mol. The largest absolute Gasteiger partial charge is 0.310 e. The van der Waals surface area contributed by atoms with Crippen LogP contribution >= 0.6 is 0 Å². The quantitative estimate of drug-likeness (QED) is 0.812. The van der Waals surface area contributed by atoms with Crippen LogP contribution < -0.4 is 5.32 Å². The molecule has 0 amide bonds. The number of nitrogens with zero attached hydrogens (tertiary/aromatic N) is 3. The molecule has 2 heterocycles. The highest BCUT2D eigenvalue weighted by Gasteiger charge is 2.17. The maximum absolute atomic E-state index is 4.28. The molecule has 4 heteroatoms. The first-order valence-electron chi connectivity index (χ1n) is 6.76. The normalized spacial score (nSPS) is 18.7. The van der Waals surface area contributed by atoms with Crippen LogP contribution in [0.4, 0.5) is 0 Å². The lowest BCUT2D eigenvalue weighted by molar-refractivity contribution is 0.251. The molecule has 1 aliphatic rings. The van der Waals surface area contributed by atoms with Gasteiger partial charge in [0, 0.05) is 31.9 Å². The summed E-state index contributed by atoms with van der Waals surface area (Å²) < 4.78 is 2.05. The van der Waals surface area contributed by atoms with Gasteiger partial charge in [0.15, 0.2) is 0 Å². The van der Waals surface area contributed by atoms with Gasteiger partial charge in [0.2, 0.25) is 0 Å². The zero-order valence-electron chi connectivity index (χ0n) is 11.0. The van der Waals surface area contributed by atoms with Crippen molar-refractivity contribution in [3.05, 3.63) is 18.0 Å². The molecule has 1 unspecified atom stereocenters. The Morgan fingerprint density at radius 2 is 2.18 bits per heavy atom. The van der Waals surface area contributed by atoms with E-state index in [-0.39, 0.29) is 0 Å². The molecule has 1 atom stereocenters. The van der Waals surface area contributed by atoms with E-state index in [9.17, 15) is 0 Å². The highest BCUT2D eigenvalue weighted by molar-refractivity contribution is 4.99. The smallest absolute Gasteiger partial charge is 0.0521 e. The summed E-state index contributed by atoms with van der Waals surface area (Å²) in [6.45, 7) is 9.93. The van der Waals surface area contributed by atoms with Crippen LogP contribution in [0.15, 0.2) is 12.3 Å². The summed E-state index contributed by atoms with van der Waals surface area (Å²) in [6, 6.07) is 2.74. The molecule has 96 valence electrons. The summed E-state index contributed by atoms with van der Waals surface area (Å²) in [4.78, 5) is 2.57. The maximum Gasteiger partial charge on any atom is 0.0521 e. The Labute approximate surface area is 104 Å². The van der Waals surface area contributed by atoms with E-state index in [0.717, 1.165) is 19.6 Å². The predicted molar refractivity (Wildman–Crippen MR) is 69.9 cm³/mol. The molecule has 0 bridgehead atoms. The van der Waals surface area contributed by atoms with Crippen LogP contribution in [0.2, 0.25) is 0 Å². The molecule has 1 fully saturated rings. The lowest BCUT2D eigenvalue weighted by Gasteiger charge is -2.23.